The molecule has 0 radical (unpaired) electrons. The normalized spacial score (nSPS) is 10.8. The van der Waals surface area contributed by atoms with Crippen LogP contribution < -0.4 is 16.0 Å². The second kappa shape index (κ2) is 8.28. The molecule has 0 unspecified atom stereocenters. The summed E-state index contributed by atoms with van der Waals surface area (Å²) in [6.07, 6.45) is 5.76. The molecule has 0 fully saturated rings. The number of aryl methyl sites for hydroxylation is 1. The molecule has 28 heavy (non-hydrogen) atoms. The molecule has 0 spiro atoms. The van der Waals surface area contributed by atoms with E-state index in [9.17, 15) is 4.79 Å². The average molecular weight is 412 g/mol. The molecular weight excluding hydrogens is 394 g/mol. The fourth-order valence-corrected chi connectivity index (χ4v) is 4.17. The molecule has 4 aromatic rings. The zero-order valence-electron chi connectivity index (χ0n) is 15.0. The third-order valence-corrected chi connectivity index (χ3v) is 5.72. The lowest BCUT2D eigenvalue weighted by Crippen LogP contribution is -2.19. The lowest BCUT2D eigenvalue weighted by molar-refractivity contribution is 0.262. The largest absolute Gasteiger partial charge is 0.368 e. The number of thiazole rings is 1. The van der Waals surface area contributed by atoms with Crippen molar-refractivity contribution in [3.05, 3.63) is 52.7 Å². The van der Waals surface area contributed by atoms with E-state index >= 15 is 0 Å². The Morgan fingerprint density at radius 1 is 1.14 bits per heavy atom. The zero-order valence-corrected chi connectivity index (χ0v) is 16.6. The maximum Gasteiger partial charge on any atom is 0.326 e. The molecule has 0 aliphatic heterocycles. The van der Waals surface area contributed by atoms with Crippen LogP contribution >= 0.6 is 22.7 Å². The summed E-state index contributed by atoms with van der Waals surface area (Å²) in [5.41, 5.74) is 1.97. The molecule has 0 saturated heterocycles. The molecule has 0 aromatic carbocycles. The number of fused-ring (bicyclic) bond motifs is 1. The number of aromatic nitrogens is 4. The molecule has 8 nitrogen and oxygen atoms in total. The molecule has 142 valence electrons. The van der Waals surface area contributed by atoms with Gasteiger partial charge in [0.2, 0.25) is 0 Å². The third-order valence-electron chi connectivity index (χ3n) is 3.84. The Hall–Kier alpha value is -3.11. The Kier molecular flexibility index (Phi) is 5.40. The van der Waals surface area contributed by atoms with Crippen LogP contribution in [0.5, 0.6) is 0 Å². The molecule has 4 heterocycles. The Morgan fingerprint density at radius 2 is 2.07 bits per heavy atom. The summed E-state index contributed by atoms with van der Waals surface area (Å²) >= 11 is 3.06. The summed E-state index contributed by atoms with van der Waals surface area (Å²) in [6.45, 7) is 2.65. The number of anilines is 3. The maximum atomic E-state index is 12.1. The smallest absolute Gasteiger partial charge is 0.326 e. The quantitative estimate of drug-likeness (QED) is 0.440. The molecule has 10 heteroatoms. The first kappa shape index (κ1) is 18.3. The van der Waals surface area contributed by atoms with E-state index in [0.717, 1.165) is 32.9 Å². The Balaban J connectivity index is 1.29. The molecule has 4 aromatic heterocycles. The van der Waals surface area contributed by atoms with Crippen molar-refractivity contribution < 1.29 is 4.79 Å². The van der Waals surface area contributed by atoms with Gasteiger partial charge in [-0.05, 0) is 36.1 Å². The van der Waals surface area contributed by atoms with Crippen LogP contribution in [0, 0.1) is 6.92 Å². The summed E-state index contributed by atoms with van der Waals surface area (Å²) in [4.78, 5) is 30.0. The lowest BCUT2D eigenvalue weighted by Gasteiger charge is -2.05. The minimum absolute atomic E-state index is 0.363. The second-order valence-corrected chi connectivity index (χ2v) is 7.99. The van der Waals surface area contributed by atoms with Crippen LogP contribution in [0.25, 0.3) is 10.2 Å². The van der Waals surface area contributed by atoms with Crippen LogP contribution in [0.3, 0.4) is 0 Å². The average Bonchev–Trinajstić information content (AvgIpc) is 3.31. The van der Waals surface area contributed by atoms with E-state index in [4.69, 9.17) is 0 Å². The van der Waals surface area contributed by atoms with Crippen LogP contribution in [0.15, 0.2) is 42.3 Å². The van der Waals surface area contributed by atoms with Crippen molar-refractivity contribution in [1.29, 1.82) is 0 Å². The van der Waals surface area contributed by atoms with Crippen molar-refractivity contribution >= 4 is 55.7 Å². The van der Waals surface area contributed by atoms with E-state index in [1.165, 1.54) is 11.3 Å². The predicted molar refractivity (Wildman–Crippen MR) is 113 cm³/mol. The van der Waals surface area contributed by atoms with Crippen LogP contribution in [0.1, 0.15) is 10.4 Å². The molecular formula is C18H17N7OS2. The highest BCUT2D eigenvalue weighted by atomic mass is 32.1. The van der Waals surface area contributed by atoms with E-state index in [0.29, 0.717) is 17.5 Å². The lowest BCUT2D eigenvalue weighted by atomic mass is 10.3. The van der Waals surface area contributed by atoms with Crippen molar-refractivity contribution in [2.24, 2.45) is 0 Å². The number of amides is 2. The van der Waals surface area contributed by atoms with Gasteiger partial charge in [-0.3, -0.25) is 10.6 Å². The van der Waals surface area contributed by atoms with Crippen molar-refractivity contribution in [3.63, 3.8) is 0 Å². The first-order chi connectivity index (χ1) is 13.7. The van der Waals surface area contributed by atoms with E-state index in [1.807, 2.05) is 24.4 Å². The number of carbonyl (C=O) groups is 1. The van der Waals surface area contributed by atoms with Gasteiger partial charge in [-0.1, -0.05) is 0 Å². The molecule has 3 N–H and O–H groups in total. The number of nitrogens with zero attached hydrogens (tertiary/aromatic N) is 4. The van der Waals surface area contributed by atoms with Gasteiger partial charge in [-0.2, -0.15) is 0 Å². The SMILES string of the molecule is Cc1ccnc(NC(=O)Nc2ncc(CCNc3ncnc4ccsc34)s2)c1. The highest BCUT2D eigenvalue weighted by Crippen LogP contribution is 2.25. The van der Waals surface area contributed by atoms with Gasteiger partial charge in [0.05, 0.1) is 10.2 Å². The fourth-order valence-electron chi connectivity index (χ4n) is 2.55. The van der Waals surface area contributed by atoms with Gasteiger partial charge in [0.15, 0.2) is 5.13 Å². The zero-order chi connectivity index (χ0) is 19.3. The number of pyridine rings is 1. The number of hydrogen-bond donors (Lipinski definition) is 3. The third kappa shape index (κ3) is 4.41. The topological polar surface area (TPSA) is 105 Å². The van der Waals surface area contributed by atoms with Crippen molar-refractivity contribution in [2.75, 3.05) is 22.5 Å². The van der Waals surface area contributed by atoms with E-state index in [1.54, 1.807) is 36.1 Å². The molecule has 2 amide bonds. The molecule has 0 aliphatic carbocycles. The van der Waals surface area contributed by atoms with Crippen LogP contribution in [-0.2, 0) is 6.42 Å². The predicted octanol–water partition coefficient (Wildman–Crippen LogP) is 4.15. The van der Waals surface area contributed by atoms with Gasteiger partial charge >= 0.3 is 6.03 Å². The fraction of sp³-hybridized carbons (Fsp3) is 0.167. The van der Waals surface area contributed by atoms with Gasteiger partial charge in [0.1, 0.15) is 18.0 Å². The minimum Gasteiger partial charge on any atom is -0.368 e. The Labute approximate surface area is 169 Å². The number of nitrogens with one attached hydrogen (secondary N) is 3. The van der Waals surface area contributed by atoms with Gasteiger partial charge < -0.3 is 5.32 Å². The summed E-state index contributed by atoms with van der Waals surface area (Å²) in [6, 6.07) is 5.29. The highest BCUT2D eigenvalue weighted by Gasteiger charge is 2.09. The van der Waals surface area contributed by atoms with Gasteiger partial charge in [0.25, 0.3) is 0 Å². The molecule has 0 saturated carbocycles. The number of hydrogen-bond acceptors (Lipinski definition) is 8. The van der Waals surface area contributed by atoms with Crippen molar-refractivity contribution in [3.8, 4) is 0 Å². The number of thiophene rings is 1. The Bertz CT molecular complexity index is 1110. The highest BCUT2D eigenvalue weighted by molar-refractivity contribution is 7.17. The summed E-state index contributed by atoms with van der Waals surface area (Å²) < 4.78 is 1.05. The number of rotatable bonds is 6. The number of urea groups is 1. The maximum absolute atomic E-state index is 12.1. The van der Waals surface area contributed by atoms with Crippen LogP contribution in [0.2, 0.25) is 0 Å². The van der Waals surface area contributed by atoms with Crippen molar-refractivity contribution in [2.45, 2.75) is 13.3 Å². The first-order valence-corrected chi connectivity index (χ1v) is 10.2. The first-order valence-electron chi connectivity index (χ1n) is 8.55. The summed E-state index contributed by atoms with van der Waals surface area (Å²) in [5, 5.41) is 11.3. The van der Waals surface area contributed by atoms with Crippen LogP contribution in [-0.4, -0.2) is 32.5 Å². The number of carbonyl (C=O) groups excluding carboxylic acids is 1. The second-order valence-electron chi connectivity index (χ2n) is 5.96. The van der Waals surface area contributed by atoms with E-state index < -0.39 is 0 Å². The molecule has 0 atom stereocenters. The monoisotopic (exact) mass is 411 g/mol. The van der Waals surface area contributed by atoms with Gasteiger partial charge in [0, 0.05) is 30.2 Å². The van der Waals surface area contributed by atoms with E-state index in [-0.39, 0.29) is 6.03 Å². The summed E-state index contributed by atoms with van der Waals surface area (Å²) in [5.74, 6) is 1.34. The molecule has 0 aliphatic rings. The summed E-state index contributed by atoms with van der Waals surface area (Å²) in [7, 11) is 0. The van der Waals surface area contributed by atoms with Crippen LogP contribution in [0.4, 0.5) is 21.6 Å². The standard InChI is InChI=1S/C18H17N7OS2/c1-11-2-5-19-14(8-11)24-17(26)25-18-21-9-12(28-18)3-6-20-16-15-13(4-7-27-15)22-10-23-16/h2,4-5,7-10H,3,6H2,1H3,(H,20,22,23)(H2,19,21,24,25,26). The molecule has 0 bridgehead atoms. The Morgan fingerprint density at radius 3 is 2.96 bits per heavy atom. The van der Waals surface area contributed by atoms with Crippen molar-refractivity contribution in [1.82, 2.24) is 19.9 Å². The molecule has 4 rings (SSSR count). The van der Waals surface area contributed by atoms with Gasteiger partial charge in [-0.25, -0.2) is 24.7 Å². The van der Waals surface area contributed by atoms with Gasteiger partial charge in [-0.15, -0.1) is 22.7 Å². The van der Waals surface area contributed by atoms with E-state index in [2.05, 4.69) is 35.9 Å². The minimum atomic E-state index is -0.363.